The van der Waals surface area contributed by atoms with Gasteiger partial charge >= 0.3 is 5.69 Å². The molecule has 18 heavy (non-hydrogen) atoms. The lowest BCUT2D eigenvalue weighted by atomic mass is 10.2. The van der Waals surface area contributed by atoms with Crippen LogP contribution >= 0.6 is 0 Å². The molecule has 1 fully saturated rings. The molecule has 2 rings (SSSR count). The lowest BCUT2D eigenvalue weighted by Gasteiger charge is -2.16. The summed E-state index contributed by atoms with van der Waals surface area (Å²) in [6.07, 6.45) is 3.09. The highest BCUT2D eigenvalue weighted by Gasteiger charge is 2.32. The first kappa shape index (κ1) is 12.8. The molecule has 2 atom stereocenters. The van der Waals surface area contributed by atoms with Crippen LogP contribution in [0.25, 0.3) is 0 Å². The van der Waals surface area contributed by atoms with Crippen molar-refractivity contribution in [2.45, 2.75) is 44.8 Å². The Morgan fingerprint density at radius 2 is 2.33 bits per heavy atom. The minimum absolute atomic E-state index is 0.0286. The normalized spacial score (nSPS) is 23.3. The number of rotatable bonds is 4. The van der Waals surface area contributed by atoms with Crippen LogP contribution in [0.4, 0.5) is 5.69 Å². The summed E-state index contributed by atoms with van der Waals surface area (Å²) in [6.45, 7) is 1.83. The van der Waals surface area contributed by atoms with E-state index in [9.17, 15) is 10.1 Å². The van der Waals surface area contributed by atoms with E-state index >= 15 is 0 Å². The second kappa shape index (κ2) is 4.93. The van der Waals surface area contributed by atoms with Crippen molar-refractivity contribution in [3.05, 3.63) is 15.8 Å². The van der Waals surface area contributed by atoms with Crippen molar-refractivity contribution in [2.75, 3.05) is 0 Å². The lowest BCUT2D eigenvalue weighted by molar-refractivity contribution is -0.386. The molecule has 1 aliphatic carbocycles. The van der Waals surface area contributed by atoms with Crippen molar-refractivity contribution in [3.63, 3.8) is 0 Å². The Morgan fingerprint density at radius 1 is 1.61 bits per heavy atom. The molecule has 0 aliphatic heterocycles. The van der Waals surface area contributed by atoms with Crippen LogP contribution in [0, 0.1) is 10.1 Å². The van der Waals surface area contributed by atoms with E-state index in [0.29, 0.717) is 12.1 Å². The number of hydrogen-bond donors (Lipinski definition) is 1. The van der Waals surface area contributed by atoms with Crippen molar-refractivity contribution in [1.82, 2.24) is 9.78 Å². The van der Waals surface area contributed by atoms with Gasteiger partial charge in [-0.05, 0) is 25.7 Å². The molecular weight excluding hydrogens is 236 g/mol. The van der Waals surface area contributed by atoms with Crippen LogP contribution in [0.1, 0.15) is 31.9 Å². The van der Waals surface area contributed by atoms with Gasteiger partial charge < -0.3 is 10.5 Å². The number of nitro groups is 1. The van der Waals surface area contributed by atoms with E-state index in [2.05, 4.69) is 5.10 Å². The molecule has 0 radical (unpaired) electrons. The predicted octanol–water partition coefficient (Wildman–Crippen LogP) is 1.15. The van der Waals surface area contributed by atoms with Gasteiger partial charge in [0.25, 0.3) is 5.88 Å². The third-order valence-electron chi connectivity index (χ3n) is 3.32. The standard InChI is InChI=1S/C11H18N4O3/c1-3-8-10(15(16)17)11(14(2)13-8)18-9-6-4-5-7(9)12/h7,9H,3-6,12H2,1-2H3. The molecule has 0 bridgehead atoms. The zero-order chi connectivity index (χ0) is 13.3. The predicted molar refractivity (Wildman–Crippen MR) is 65.5 cm³/mol. The fourth-order valence-corrected chi connectivity index (χ4v) is 2.35. The van der Waals surface area contributed by atoms with Gasteiger partial charge in [-0.15, -0.1) is 0 Å². The number of aryl methyl sites for hydroxylation is 2. The van der Waals surface area contributed by atoms with E-state index in [1.54, 1.807) is 7.05 Å². The van der Waals surface area contributed by atoms with Gasteiger partial charge in [-0.3, -0.25) is 10.1 Å². The molecule has 0 aromatic carbocycles. The highest BCUT2D eigenvalue weighted by Crippen LogP contribution is 2.33. The summed E-state index contributed by atoms with van der Waals surface area (Å²) < 4.78 is 7.16. The van der Waals surface area contributed by atoms with Gasteiger partial charge in [0.05, 0.1) is 4.92 Å². The molecule has 2 N–H and O–H groups in total. The van der Waals surface area contributed by atoms with Gasteiger partial charge in [-0.2, -0.15) is 5.10 Å². The van der Waals surface area contributed by atoms with Crippen LogP contribution in [0.15, 0.2) is 0 Å². The number of ether oxygens (including phenoxy) is 1. The van der Waals surface area contributed by atoms with Crippen LogP contribution in [0.5, 0.6) is 5.88 Å². The van der Waals surface area contributed by atoms with Gasteiger partial charge in [0, 0.05) is 13.1 Å². The first-order valence-corrected chi connectivity index (χ1v) is 6.17. The van der Waals surface area contributed by atoms with Gasteiger partial charge in [-0.1, -0.05) is 6.92 Å². The van der Waals surface area contributed by atoms with Crippen LogP contribution < -0.4 is 10.5 Å². The Morgan fingerprint density at radius 3 is 2.83 bits per heavy atom. The topological polar surface area (TPSA) is 96.2 Å². The molecule has 1 aromatic rings. The molecule has 1 heterocycles. The van der Waals surface area contributed by atoms with Crippen molar-refractivity contribution in [1.29, 1.82) is 0 Å². The third-order valence-corrected chi connectivity index (χ3v) is 3.32. The van der Waals surface area contributed by atoms with Crippen molar-refractivity contribution in [2.24, 2.45) is 12.8 Å². The lowest BCUT2D eigenvalue weighted by Crippen LogP contribution is -2.34. The second-order valence-electron chi connectivity index (χ2n) is 4.59. The van der Waals surface area contributed by atoms with Crippen LogP contribution in [-0.2, 0) is 13.5 Å². The summed E-state index contributed by atoms with van der Waals surface area (Å²) in [5, 5.41) is 15.2. The smallest absolute Gasteiger partial charge is 0.353 e. The summed E-state index contributed by atoms with van der Waals surface area (Å²) in [5.74, 6) is 0.221. The number of nitrogens with zero attached hydrogens (tertiary/aromatic N) is 3. The first-order chi connectivity index (χ1) is 8.54. The molecule has 0 saturated heterocycles. The maximum Gasteiger partial charge on any atom is 0.353 e. The zero-order valence-corrected chi connectivity index (χ0v) is 10.6. The van der Waals surface area contributed by atoms with Gasteiger partial charge in [-0.25, -0.2) is 4.68 Å². The molecule has 2 unspecified atom stereocenters. The Kier molecular flexibility index (Phi) is 3.51. The number of aromatic nitrogens is 2. The fraction of sp³-hybridized carbons (Fsp3) is 0.727. The zero-order valence-electron chi connectivity index (χ0n) is 10.6. The fourth-order valence-electron chi connectivity index (χ4n) is 2.35. The summed E-state index contributed by atoms with van der Waals surface area (Å²) >= 11 is 0. The van der Waals surface area contributed by atoms with E-state index in [-0.39, 0.29) is 23.7 Å². The first-order valence-electron chi connectivity index (χ1n) is 6.17. The van der Waals surface area contributed by atoms with Gasteiger partial charge in [0.15, 0.2) is 0 Å². The van der Waals surface area contributed by atoms with E-state index < -0.39 is 4.92 Å². The van der Waals surface area contributed by atoms with E-state index in [1.165, 1.54) is 4.68 Å². The molecule has 1 saturated carbocycles. The van der Waals surface area contributed by atoms with Crippen LogP contribution in [0.3, 0.4) is 0 Å². The van der Waals surface area contributed by atoms with E-state index in [4.69, 9.17) is 10.5 Å². The molecular formula is C11H18N4O3. The molecule has 0 amide bonds. The maximum atomic E-state index is 11.1. The Balaban J connectivity index is 2.31. The highest BCUT2D eigenvalue weighted by molar-refractivity contribution is 5.46. The average Bonchev–Trinajstić information content (AvgIpc) is 2.85. The summed E-state index contributed by atoms with van der Waals surface area (Å²) in [7, 11) is 1.65. The molecule has 0 spiro atoms. The van der Waals surface area contributed by atoms with Crippen molar-refractivity contribution in [3.8, 4) is 5.88 Å². The molecule has 7 heteroatoms. The molecule has 7 nitrogen and oxygen atoms in total. The summed E-state index contributed by atoms with van der Waals surface area (Å²) in [6, 6.07) is -0.0513. The van der Waals surface area contributed by atoms with E-state index in [1.807, 2.05) is 6.92 Å². The minimum Gasteiger partial charge on any atom is -0.468 e. The number of hydrogen-bond acceptors (Lipinski definition) is 5. The Hall–Kier alpha value is -1.63. The quantitative estimate of drug-likeness (QED) is 0.642. The third kappa shape index (κ3) is 2.17. The molecule has 100 valence electrons. The molecule has 1 aliphatic rings. The van der Waals surface area contributed by atoms with Crippen LogP contribution in [0.2, 0.25) is 0 Å². The van der Waals surface area contributed by atoms with Crippen molar-refractivity contribution >= 4 is 5.69 Å². The Labute approximate surface area is 105 Å². The largest absolute Gasteiger partial charge is 0.468 e. The SMILES string of the molecule is CCc1nn(C)c(OC2CCCC2N)c1[N+](=O)[O-]. The van der Waals surface area contributed by atoms with Gasteiger partial charge in [0.2, 0.25) is 0 Å². The molecule has 1 aromatic heterocycles. The average molecular weight is 254 g/mol. The summed E-state index contributed by atoms with van der Waals surface area (Å²) in [4.78, 5) is 10.7. The van der Waals surface area contributed by atoms with Crippen molar-refractivity contribution < 1.29 is 9.66 Å². The minimum atomic E-state index is -0.429. The monoisotopic (exact) mass is 254 g/mol. The second-order valence-corrected chi connectivity index (χ2v) is 4.59. The highest BCUT2D eigenvalue weighted by atomic mass is 16.6. The van der Waals surface area contributed by atoms with E-state index in [0.717, 1.165) is 19.3 Å². The summed E-state index contributed by atoms with van der Waals surface area (Å²) in [5.41, 5.74) is 6.34. The number of nitrogens with two attached hydrogens (primary N) is 1. The maximum absolute atomic E-state index is 11.1. The Bertz CT molecular complexity index is 457. The van der Waals surface area contributed by atoms with Gasteiger partial charge in [0.1, 0.15) is 11.8 Å². The van der Waals surface area contributed by atoms with Crippen LogP contribution in [-0.4, -0.2) is 26.8 Å².